The van der Waals surface area contributed by atoms with Crippen LogP contribution in [0.2, 0.25) is 0 Å². The third kappa shape index (κ3) is 5.47. The predicted octanol–water partition coefficient (Wildman–Crippen LogP) is 2.47. The zero-order valence-electron chi connectivity index (χ0n) is 12.4. The number of hydrogen-bond donors (Lipinski definition) is 2. The summed E-state index contributed by atoms with van der Waals surface area (Å²) >= 11 is 0. The van der Waals surface area contributed by atoms with E-state index in [1.807, 2.05) is 6.92 Å². The Labute approximate surface area is 116 Å². The van der Waals surface area contributed by atoms with Gasteiger partial charge in [-0.25, -0.2) is 0 Å². The van der Waals surface area contributed by atoms with Crippen LogP contribution < -0.4 is 10.6 Å². The summed E-state index contributed by atoms with van der Waals surface area (Å²) in [5.41, 5.74) is 1.31. The smallest absolute Gasteiger partial charge is 0.221 e. The van der Waals surface area contributed by atoms with Crippen molar-refractivity contribution in [3.05, 3.63) is 24.0 Å². The van der Waals surface area contributed by atoms with E-state index >= 15 is 0 Å². The zero-order valence-corrected chi connectivity index (χ0v) is 12.4. The Hall–Kier alpha value is -1.29. The molecule has 0 spiro atoms. The van der Waals surface area contributed by atoms with Crippen LogP contribution >= 0.6 is 0 Å². The monoisotopic (exact) mass is 265 g/mol. The SMILES string of the molecule is CCCNC(CC)c1ccn(CCC(=O)NCC)c1. The molecule has 0 aliphatic carbocycles. The van der Waals surface area contributed by atoms with Gasteiger partial charge in [0.25, 0.3) is 0 Å². The first-order valence-corrected chi connectivity index (χ1v) is 7.37. The standard InChI is InChI=1S/C15H27N3O/c1-4-9-17-14(5-2)13-7-10-18(12-13)11-8-15(19)16-6-3/h7,10,12,14,17H,4-6,8-9,11H2,1-3H3,(H,16,19). The highest BCUT2D eigenvalue weighted by Crippen LogP contribution is 2.17. The maximum Gasteiger partial charge on any atom is 0.221 e. The largest absolute Gasteiger partial charge is 0.356 e. The summed E-state index contributed by atoms with van der Waals surface area (Å²) in [6.45, 7) is 8.81. The molecule has 0 radical (unpaired) electrons. The van der Waals surface area contributed by atoms with E-state index < -0.39 is 0 Å². The topological polar surface area (TPSA) is 46.1 Å². The molecular formula is C15H27N3O. The highest BCUT2D eigenvalue weighted by atomic mass is 16.1. The fourth-order valence-corrected chi connectivity index (χ4v) is 2.14. The van der Waals surface area contributed by atoms with Gasteiger partial charge in [-0.3, -0.25) is 4.79 Å². The minimum atomic E-state index is 0.119. The summed E-state index contributed by atoms with van der Waals surface area (Å²) in [6.07, 6.45) is 6.98. The average molecular weight is 265 g/mol. The first-order valence-electron chi connectivity index (χ1n) is 7.37. The number of rotatable bonds is 9. The fourth-order valence-electron chi connectivity index (χ4n) is 2.14. The number of nitrogens with one attached hydrogen (secondary N) is 2. The molecule has 0 saturated carbocycles. The van der Waals surface area contributed by atoms with Gasteiger partial charge >= 0.3 is 0 Å². The molecule has 1 unspecified atom stereocenters. The van der Waals surface area contributed by atoms with Crippen molar-refractivity contribution in [1.29, 1.82) is 0 Å². The second kappa shape index (κ2) is 8.75. The maximum atomic E-state index is 11.4. The van der Waals surface area contributed by atoms with Gasteiger partial charge < -0.3 is 15.2 Å². The van der Waals surface area contributed by atoms with Gasteiger partial charge in [0.1, 0.15) is 0 Å². The van der Waals surface area contributed by atoms with Crippen molar-refractivity contribution in [2.75, 3.05) is 13.1 Å². The molecular weight excluding hydrogens is 238 g/mol. The van der Waals surface area contributed by atoms with Gasteiger partial charge in [-0.15, -0.1) is 0 Å². The molecule has 1 heterocycles. The number of hydrogen-bond acceptors (Lipinski definition) is 2. The third-order valence-corrected chi connectivity index (χ3v) is 3.20. The van der Waals surface area contributed by atoms with E-state index in [4.69, 9.17) is 0 Å². The predicted molar refractivity (Wildman–Crippen MR) is 79.1 cm³/mol. The van der Waals surface area contributed by atoms with Crippen molar-refractivity contribution in [3.63, 3.8) is 0 Å². The van der Waals surface area contributed by atoms with Gasteiger partial charge in [0.2, 0.25) is 5.91 Å². The highest BCUT2D eigenvalue weighted by molar-refractivity contribution is 5.75. The molecule has 0 aliphatic rings. The first-order chi connectivity index (χ1) is 9.21. The lowest BCUT2D eigenvalue weighted by molar-refractivity contribution is -0.121. The Morgan fingerprint density at radius 1 is 1.37 bits per heavy atom. The Morgan fingerprint density at radius 3 is 2.79 bits per heavy atom. The summed E-state index contributed by atoms with van der Waals surface area (Å²) in [5.74, 6) is 0.119. The lowest BCUT2D eigenvalue weighted by atomic mass is 10.1. The highest BCUT2D eigenvalue weighted by Gasteiger charge is 2.09. The van der Waals surface area contributed by atoms with Gasteiger partial charge in [-0.05, 0) is 37.9 Å². The van der Waals surface area contributed by atoms with Crippen LogP contribution in [-0.4, -0.2) is 23.6 Å². The number of aryl methyl sites for hydroxylation is 1. The minimum absolute atomic E-state index is 0.119. The van der Waals surface area contributed by atoms with E-state index in [1.165, 1.54) is 5.56 Å². The van der Waals surface area contributed by atoms with Gasteiger partial charge in [0, 0.05) is 37.9 Å². The summed E-state index contributed by atoms with van der Waals surface area (Å²) in [5, 5.41) is 6.36. The molecule has 1 rings (SSSR count). The molecule has 0 saturated heterocycles. The second-order valence-electron chi connectivity index (χ2n) is 4.80. The van der Waals surface area contributed by atoms with Crippen LogP contribution in [-0.2, 0) is 11.3 Å². The molecule has 0 fully saturated rings. The van der Waals surface area contributed by atoms with Gasteiger partial charge in [-0.1, -0.05) is 13.8 Å². The Balaban J connectivity index is 2.48. The summed E-state index contributed by atoms with van der Waals surface area (Å²) in [6, 6.07) is 2.57. The third-order valence-electron chi connectivity index (χ3n) is 3.20. The van der Waals surface area contributed by atoms with Crippen LogP contribution in [0.4, 0.5) is 0 Å². The van der Waals surface area contributed by atoms with E-state index in [9.17, 15) is 4.79 Å². The van der Waals surface area contributed by atoms with E-state index in [2.05, 4.69) is 47.5 Å². The molecule has 1 aromatic rings. The van der Waals surface area contributed by atoms with Crippen molar-refractivity contribution >= 4 is 5.91 Å². The Bertz CT molecular complexity index is 373. The van der Waals surface area contributed by atoms with E-state index in [-0.39, 0.29) is 5.91 Å². The molecule has 1 atom stereocenters. The Kier molecular flexibility index (Phi) is 7.26. The minimum Gasteiger partial charge on any atom is -0.356 e. The summed E-state index contributed by atoms with van der Waals surface area (Å²) in [4.78, 5) is 11.4. The second-order valence-corrected chi connectivity index (χ2v) is 4.80. The number of aromatic nitrogens is 1. The van der Waals surface area contributed by atoms with Gasteiger partial charge in [-0.2, -0.15) is 0 Å². The molecule has 1 aromatic heterocycles. The van der Waals surface area contributed by atoms with Gasteiger partial charge in [0.15, 0.2) is 0 Å². The normalized spacial score (nSPS) is 12.4. The lowest BCUT2D eigenvalue weighted by Gasteiger charge is -2.15. The molecule has 4 nitrogen and oxygen atoms in total. The van der Waals surface area contributed by atoms with E-state index in [0.29, 0.717) is 19.0 Å². The lowest BCUT2D eigenvalue weighted by Crippen LogP contribution is -2.23. The van der Waals surface area contributed by atoms with E-state index in [1.54, 1.807) is 0 Å². The fraction of sp³-hybridized carbons (Fsp3) is 0.667. The zero-order chi connectivity index (χ0) is 14.1. The molecule has 1 amide bonds. The van der Waals surface area contributed by atoms with Crippen LogP contribution in [0.1, 0.15) is 51.6 Å². The van der Waals surface area contributed by atoms with E-state index in [0.717, 1.165) is 25.9 Å². The summed E-state index contributed by atoms with van der Waals surface area (Å²) < 4.78 is 2.10. The molecule has 0 bridgehead atoms. The number of carbonyl (C=O) groups excluding carboxylic acids is 1. The molecule has 4 heteroatoms. The maximum absolute atomic E-state index is 11.4. The van der Waals surface area contributed by atoms with Gasteiger partial charge in [0.05, 0.1) is 0 Å². The first kappa shape index (κ1) is 15.8. The summed E-state index contributed by atoms with van der Waals surface area (Å²) in [7, 11) is 0. The molecule has 108 valence electrons. The molecule has 0 aliphatic heterocycles. The van der Waals surface area contributed by atoms with Crippen molar-refractivity contribution in [1.82, 2.24) is 15.2 Å². The van der Waals surface area contributed by atoms with Crippen LogP contribution in [0, 0.1) is 0 Å². The van der Waals surface area contributed by atoms with Crippen molar-refractivity contribution in [2.24, 2.45) is 0 Å². The number of carbonyl (C=O) groups is 1. The van der Waals surface area contributed by atoms with Crippen molar-refractivity contribution in [2.45, 2.75) is 52.6 Å². The molecule has 2 N–H and O–H groups in total. The van der Waals surface area contributed by atoms with Crippen molar-refractivity contribution in [3.8, 4) is 0 Å². The molecule has 0 aromatic carbocycles. The molecule has 19 heavy (non-hydrogen) atoms. The van der Waals surface area contributed by atoms with Crippen LogP contribution in [0.3, 0.4) is 0 Å². The number of amides is 1. The quantitative estimate of drug-likeness (QED) is 0.720. The average Bonchev–Trinajstić information content (AvgIpc) is 2.86. The van der Waals surface area contributed by atoms with Crippen LogP contribution in [0.5, 0.6) is 0 Å². The number of nitrogens with zero attached hydrogens (tertiary/aromatic N) is 1. The van der Waals surface area contributed by atoms with Crippen LogP contribution in [0.25, 0.3) is 0 Å². The van der Waals surface area contributed by atoms with Crippen molar-refractivity contribution < 1.29 is 4.79 Å². The Morgan fingerprint density at radius 2 is 2.16 bits per heavy atom. The van der Waals surface area contributed by atoms with Crippen LogP contribution in [0.15, 0.2) is 18.5 Å².